The molecule has 0 amide bonds. The second kappa shape index (κ2) is 4.58. The smallest absolute Gasteiger partial charge is 0.0633 e. The topological polar surface area (TPSA) is 20.2 Å². The molecule has 1 saturated carbocycles. The first kappa shape index (κ1) is 14.6. The highest BCUT2D eigenvalue weighted by Crippen LogP contribution is 2.52. The van der Waals surface area contributed by atoms with Gasteiger partial charge < -0.3 is 5.11 Å². The molecule has 1 fully saturated rings. The Bertz CT molecular complexity index is 645. The van der Waals surface area contributed by atoms with Gasteiger partial charge in [0, 0.05) is 0 Å². The van der Waals surface area contributed by atoms with E-state index in [0.717, 1.165) is 19.3 Å². The van der Waals surface area contributed by atoms with E-state index in [0.29, 0.717) is 0 Å². The van der Waals surface area contributed by atoms with Crippen molar-refractivity contribution in [2.75, 3.05) is 0 Å². The van der Waals surface area contributed by atoms with Gasteiger partial charge in [0.25, 0.3) is 0 Å². The molecule has 112 valence electrons. The fourth-order valence-corrected chi connectivity index (χ4v) is 5.06. The Morgan fingerprint density at radius 2 is 1.48 bits per heavy atom. The lowest BCUT2D eigenvalue weighted by Crippen LogP contribution is -2.47. The molecule has 0 aliphatic heterocycles. The Balaban J connectivity index is 2.16. The van der Waals surface area contributed by atoms with Gasteiger partial charge in [0.2, 0.25) is 0 Å². The number of aliphatic hydroxyl groups is 1. The lowest BCUT2D eigenvalue weighted by Gasteiger charge is -2.50. The van der Waals surface area contributed by atoms with Gasteiger partial charge in [-0.1, -0.05) is 63.2 Å². The summed E-state index contributed by atoms with van der Waals surface area (Å²) in [6.07, 6.45) is 2.82. The minimum Gasteiger partial charge on any atom is -0.390 e. The summed E-state index contributed by atoms with van der Waals surface area (Å²) < 4.78 is 0. The van der Waals surface area contributed by atoms with Gasteiger partial charge in [-0.15, -0.1) is 0 Å². The Labute approximate surface area is 128 Å². The van der Waals surface area contributed by atoms with Crippen LogP contribution in [0.15, 0.2) is 42.5 Å². The van der Waals surface area contributed by atoms with E-state index in [1.807, 2.05) is 6.92 Å². The van der Waals surface area contributed by atoms with Crippen LogP contribution in [0.2, 0.25) is 0 Å². The third-order valence-corrected chi connectivity index (χ3v) is 4.94. The van der Waals surface area contributed by atoms with Crippen molar-refractivity contribution in [3.63, 3.8) is 0 Å². The zero-order valence-electron chi connectivity index (χ0n) is 13.6. The number of hydrogen-bond acceptors (Lipinski definition) is 1. The minimum atomic E-state index is -0.590. The molecule has 1 heteroatoms. The fraction of sp³-hybridized carbons (Fsp3) is 0.500. The molecule has 1 nitrogen and oxygen atoms in total. The van der Waals surface area contributed by atoms with Gasteiger partial charge in [-0.25, -0.2) is 0 Å². The van der Waals surface area contributed by atoms with Crippen LogP contribution in [0.1, 0.15) is 52.5 Å². The van der Waals surface area contributed by atoms with Crippen LogP contribution < -0.4 is 0 Å². The maximum absolute atomic E-state index is 10.8. The van der Waals surface area contributed by atoms with Crippen LogP contribution in [0.3, 0.4) is 0 Å². The first-order valence-electron chi connectivity index (χ1n) is 7.92. The van der Waals surface area contributed by atoms with Crippen LogP contribution >= 0.6 is 0 Å². The van der Waals surface area contributed by atoms with Gasteiger partial charge >= 0.3 is 0 Å². The zero-order valence-corrected chi connectivity index (χ0v) is 13.6. The largest absolute Gasteiger partial charge is 0.390 e. The van der Waals surface area contributed by atoms with Crippen molar-refractivity contribution >= 4 is 10.8 Å². The normalized spacial score (nSPS) is 32.2. The highest BCUT2D eigenvalue weighted by Gasteiger charge is 2.47. The molecule has 2 atom stereocenters. The summed E-state index contributed by atoms with van der Waals surface area (Å²) in [5, 5.41) is 13.4. The molecule has 1 N–H and O–H groups in total. The molecule has 1 aliphatic carbocycles. The molecule has 0 spiro atoms. The highest BCUT2D eigenvalue weighted by atomic mass is 16.3. The summed E-state index contributed by atoms with van der Waals surface area (Å²) in [5.74, 6) is 0. The Morgan fingerprint density at radius 1 is 0.810 bits per heavy atom. The molecule has 3 rings (SSSR count). The van der Waals surface area contributed by atoms with Gasteiger partial charge in [-0.05, 0) is 53.4 Å². The number of rotatable bonds is 1. The molecule has 2 aromatic carbocycles. The van der Waals surface area contributed by atoms with Crippen molar-refractivity contribution in [1.29, 1.82) is 0 Å². The lowest BCUT2D eigenvalue weighted by atomic mass is 9.57. The maximum Gasteiger partial charge on any atom is 0.0633 e. The maximum atomic E-state index is 10.8. The molecule has 0 bridgehead atoms. The van der Waals surface area contributed by atoms with Crippen LogP contribution in [-0.2, 0) is 5.41 Å². The third-order valence-electron chi connectivity index (χ3n) is 4.94. The molecular weight excluding hydrogens is 256 g/mol. The van der Waals surface area contributed by atoms with E-state index in [-0.39, 0.29) is 10.8 Å². The first-order valence-corrected chi connectivity index (χ1v) is 7.92. The predicted molar refractivity (Wildman–Crippen MR) is 89.6 cm³/mol. The molecular formula is C20H26O. The lowest BCUT2D eigenvalue weighted by molar-refractivity contribution is -0.0544. The van der Waals surface area contributed by atoms with E-state index < -0.39 is 5.60 Å². The van der Waals surface area contributed by atoms with Crippen molar-refractivity contribution in [2.24, 2.45) is 5.41 Å². The van der Waals surface area contributed by atoms with E-state index in [4.69, 9.17) is 0 Å². The van der Waals surface area contributed by atoms with Crippen molar-refractivity contribution in [3.05, 3.63) is 48.0 Å². The SMILES string of the molecule is CC1(C)CC(C)(O)CC(C)(c2cccc3ccccc23)C1. The van der Waals surface area contributed by atoms with Crippen LogP contribution in [-0.4, -0.2) is 10.7 Å². The quantitative estimate of drug-likeness (QED) is 0.775. The summed E-state index contributed by atoms with van der Waals surface area (Å²) in [4.78, 5) is 0. The molecule has 2 unspecified atom stereocenters. The highest BCUT2D eigenvalue weighted by molar-refractivity contribution is 5.86. The van der Waals surface area contributed by atoms with E-state index in [1.165, 1.54) is 16.3 Å². The molecule has 0 aromatic heterocycles. The van der Waals surface area contributed by atoms with Gasteiger partial charge in [-0.2, -0.15) is 0 Å². The monoisotopic (exact) mass is 282 g/mol. The van der Waals surface area contributed by atoms with Crippen LogP contribution in [0, 0.1) is 5.41 Å². The first-order chi connectivity index (χ1) is 9.71. The fourth-order valence-electron chi connectivity index (χ4n) is 5.06. The average molecular weight is 282 g/mol. The van der Waals surface area contributed by atoms with E-state index in [2.05, 4.69) is 63.2 Å². The van der Waals surface area contributed by atoms with Gasteiger partial charge in [0.05, 0.1) is 5.60 Å². The average Bonchev–Trinajstić information content (AvgIpc) is 2.33. The minimum absolute atomic E-state index is 0.0200. The molecule has 2 aromatic rings. The van der Waals surface area contributed by atoms with Crippen LogP contribution in [0.5, 0.6) is 0 Å². The van der Waals surface area contributed by atoms with Crippen molar-refractivity contribution in [2.45, 2.75) is 58.0 Å². The number of hydrogen-bond donors (Lipinski definition) is 1. The standard InChI is InChI=1S/C20H26O/c1-18(2)12-19(3,14-20(4,21)13-18)17-11-7-9-15-8-5-6-10-16(15)17/h5-11,21H,12-14H2,1-4H3. The zero-order chi connectivity index (χ0) is 15.3. The summed E-state index contributed by atoms with van der Waals surface area (Å²) in [6.45, 7) is 8.88. The number of benzene rings is 2. The summed E-state index contributed by atoms with van der Waals surface area (Å²) in [6, 6.07) is 15.2. The summed E-state index contributed by atoms with van der Waals surface area (Å²) in [5.41, 5.74) is 0.973. The molecule has 0 heterocycles. The Hall–Kier alpha value is -1.34. The third kappa shape index (κ3) is 2.72. The Kier molecular flexibility index (Phi) is 3.18. The van der Waals surface area contributed by atoms with E-state index in [9.17, 15) is 5.11 Å². The van der Waals surface area contributed by atoms with Crippen molar-refractivity contribution in [1.82, 2.24) is 0 Å². The Morgan fingerprint density at radius 3 is 2.19 bits per heavy atom. The molecule has 0 radical (unpaired) electrons. The number of fused-ring (bicyclic) bond motifs is 1. The van der Waals surface area contributed by atoms with Crippen molar-refractivity contribution < 1.29 is 5.11 Å². The summed E-state index contributed by atoms with van der Waals surface area (Å²) in [7, 11) is 0. The predicted octanol–water partition coefficient (Wildman–Crippen LogP) is 5.06. The second-order valence-electron chi connectivity index (χ2n) is 8.28. The van der Waals surface area contributed by atoms with Crippen LogP contribution in [0.4, 0.5) is 0 Å². The van der Waals surface area contributed by atoms with E-state index in [1.54, 1.807) is 0 Å². The van der Waals surface area contributed by atoms with Gasteiger partial charge in [0.15, 0.2) is 0 Å². The van der Waals surface area contributed by atoms with Crippen molar-refractivity contribution in [3.8, 4) is 0 Å². The van der Waals surface area contributed by atoms with E-state index >= 15 is 0 Å². The molecule has 21 heavy (non-hydrogen) atoms. The van der Waals surface area contributed by atoms with Gasteiger partial charge in [-0.3, -0.25) is 0 Å². The molecule has 1 aliphatic rings. The second-order valence-corrected chi connectivity index (χ2v) is 8.28. The van der Waals surface area contributed by atoms with Gasteiger partial charge in [0.1, 0.15) is 0 Å². The summed E-state index contributed by atoms with van der Waals surface area (Å²) >= 11 is 0. The van der Waals surface area contributed by atoms with Crippen LogP contribution in [0.25, 0.3) is 10.8 Å². The molecule has 0 saturated heterocycles.